The number of halogens is 3. The van der Waals surface area contributed by atoms with Crippen LogP contribution < -0.4 is 19.9 Å². The molecule has 0 saturated carbocycles. The lowest BCUT2D eigenvalue weighted by Gasteiger charge is -2.16. The highest BCUT2D eigenvalue weighted by molar-refractivity contribution is 6.32. The quantitative estimate of drug-likeness (QED) is 0.244. The molecule has 2 aromatic heterocycles. The SMILES string of the molecule is COc1ccc(F)c(F)c1COc1cc(-n2c(=O)[nH]c3c(C(C)=O)nc(CO)nc32)c(Cl)cc1OCC(=O)O. The number of methoxy groups -OCH3 is 1. The summed E-state index contributed by atoms with van der Waals surface area (Å²) in [4.78, 5) is 46.7. The Morgan fingerprint density at radius 1 is 1.13 bits per heavy atom. The number of benzene rings is 2. The van der Waals surface area contributed by atoms with Crippen LogP contribution in [-0.4, -0.2) is 55.2 Å². The van der Waals surface area contributed by atoms with Crippen molar-refractivity contribution in [1.82, 2.24) is 19.5 Å². The standard InChI is InChI=1S/C24H19ClF2N4O8/c1-10(33)21-22-23(29-18(7-32)28-21)31(24(36)30-22)14-6-17(16(5-12(14)25)39-9-19(34)35)38-8-11-15(37-2)4-3-13(26)20(11)27/h3-6,32H,7-9H2,1-2H3,(H,30,36)(H,34,35). The number of ketones is 1. The summed E-state index contributed by atoms with van der Waals surface area (Å²) in [6.07, 6.45) is 0. The number of aliphatic hydroxyl groups excluding tert-OH is 1. The Balaban J connectivity index is 1.88. The van der Waals surface area contributed by atoms with Crippen molar-refractivity contribution in [3.63, 3.8) is 0 Å². The number of aromatic amines is 1. The summed E-state index contributed by atoms with van der Waals surface area (Å²) >= 11 is 6.42. The van der Waals surface area contributed by atoms with Crippen molar-refractivity contribution >= 4 is 34.5 Å². The molecule has 0 aliphatic carbocycles. The van der Waals surface area contributed by atoms with Crippen molar-refractivity contribution < 1.29 is 42.8 Å². The maximum absolute atomic E-state index is 14.5. The molecular weight excluding hydrogens is 546 g/mol. The van der Waals surface area contributed by atoms with E-state index in [-0.39, 0.29) is 56.2 Å². The zero-order valence-electron chi connectivity index (χ0n) is 20.3. The molecule has 0 unspecified atom stereocenters. The first-order valence-electron chi connectivity index (χ1n) is 11.0. The summed E-state index contributed by atoms with van der Waals surface area (Å²) in [5.74, 6) is -4.78. The van der Waals surface area contributed by atoms with Crippen LogP contribution in [0.3, 0.4) is 0 Å². The molecular formula is C24H19ClF2N4O8. The Morgan fingerprint density at radius 2 is 1.85 bits per heavy atom. The minimum Gasteiger partial charge on any atom is -0.496 e. The van der Waals surface area contributed by atoms with Crippen LogP contribution in [0.15, 0.2) is 29.1 Å². The van der Waals surface area contributed by atoms with Crippen molar-refractivity contribution in [3.8, 4) is 22.9 Å². The zero-order valence-corrected chi connectivity index (χ0v) is 21.0. The van der Waals surface area contributed by atoms with E-state index in [1.165, 1.54) is 26.2 Å². The van der Waals surface area contributed by atoms with Crippen LogP contribution in [0.5, 0.6) is 17.2 Å². The van der Waals surface area contributed by atoms with Crippen LogP contribution in [0.25, 0.3) is 16.9 Å². The molecule has 204 valence electrons. The molecule has 0 saturated heterocycles. The Kier molecular flexibility index (Phi) is 7.78. The fourth-order valence-corrected chi connectivity index (χ4v) is 3.93. The Bertz CT molecular complexity index is 1670. The lowest BCUT2D eigenvalue weighted by Crippen LogP contribution is -2.16. The number of fused-ring (bicyclic) bond motifs is 1. The van der Waals surface area contributed by atoms with E-state index in [0.717, 1.165) is 16.7 Å². The Morgan fingerprint density at radius 3 is 2.49 bits per heavy atom. The number of imidazole rings is 1. The second-order valence-electron chi connectivity index (χ2n) is 7.93. The highest BCUT2D eigenvalue weighted by atomic mass is 35.5. The summed E-state index contributed by atoms with van der Waals surface area (Å²) < 4.78 is 45.3. The van der Waals surface area contributed by atoms with Crippen LogP contribution in [-0.2, 0) is 18.0 Å². The van der Waals surface area contributed by atoms with Gasteiger partial charge in [0, 0.05) is 19.1 Å². The van der Waals surface area contributed by atoms with E-state index in [2.05, 4.69) is 15.0 Å². The van der Waals surface area contributed by atoms with Crippen LogP contribution in [0.2, 0.25) is 5.02 Å². The van der Waals surface area contributed by atoms with Gasteiger partial charge in [-0.15, -0.1) is 0 Å². The number of ether oxygens (including phenoxy) is 3. The van der Waals surface area contributed by atoms with Crippen molar-refractivity contribution in [2.45, 2.75) is 20.1 Å². The van der Waals surface area contributed by atoms with Gasteiger partial charge in [0.2, 0.25) is 0 Å². The van der Waals surface area contributed by atoms with Gasteiger partial charge >= 0.3 is 11.7 Å². The minimum atomic E-state index is -1.32. The predicted octanol–water partition coefficient (Wildman–Crippen LogP) is 2.79. The molecule has 0 amide bonds. The van der Waals surface area contributed by atoms with Gasteiger partial charge in [0.05, 0.1) is 23.4 Å². The van der Waals surface area contributed by atoms with Gasteiger partial charge in [-0.2, -0.15) is 0 Å². The smallest absolute Gasteiger partial charge is 0.341 e. The molecule has 15 heteroatoms. The fraction of sp³-hybridized carbons (Fsp3) is 0.208. The van der Waals surface area contributed by atoms with Crippen molar-refractivity contribution in [3.05, 3.63) is 68.5 Å². The number of hydrogen-bond acceptors (Lipinski definition) is 9. The average molecular weight is 565 g/mol. The summed E-state index contributed by atoms with van der Waals surface area (Å²) in [7, 11) is 1.25. The average Bonchev–Trinajstić information content (AvgIpc) is 3.23. The molecule has 4 aromatic rings. The molecule has 0 bridgehead atoms. The first-order valence-corrected chi connectivity index (χ1v) is 11.4. The van der Waals surface area contributed by atoms with Crippen molar-refractivity contribution in [2.75, 3.05) is 13.7 Å². The molecule has 3 N–H and O–H groups in total. The van der Waals surface area contributed by atoms with Gasteiger partial charge < -0.3 is 29.4 Å². The number of carboxylic acid groups (broad SMARTS) is 1. The first kappa shape index (κ1) is 27.5. The number of carboxylic acids is 1. The van der Waals surface area contributed by atoms with Crippen molar-refractivity contribution in [2.24, 2.45) is 0 Å². The van der Waals surface area contributed by atoms with E-state index in [4.69, 9.17) is 30.9 Å². The first-order chi connectivity index (χ1) is 18.5. The van der Waals surface area contributed by atoms with E-state index >= 15 is 0 Å². The second-order valence-corrected chi connectivity index (χ2v) is 8.34. The molecule has 0 spiro atoms. The number of H-pyrrole nitrogens is 1. The summed E-state index contributed by atoms with van der Waals surface area (Å²) in [5.41, 5.74) is -1.41. The number of aromatic nitrogens is 4. The number of hydrogen-bond donors (Lipinski definition) is 3. The number of Topliss-reactive ketones (excluding diaryl/α,β-unsaturated/α-hetero) is 1. The molecule has 12 nitrogen and oxygen atoms in total. The molecule has 2 heterocycles. The molecule has 0 atom stereocenters. The molecule has 0 aliphatic rings. The van der Waals surface area contributed by atoms with Crippen LogP contribution in [0, 0.1) is 11.6 Å². The van der Waals surface area contributed by atoms with Gasteiger partial charge in [0.25, 0.3) is 0 Å². The number of carbonyl (C=O) groups excluding carboxylic acids is 1. The summed E-state index contributed by atoms with van der Waals surface area (Å²) in [5, 5.41) is 18.5. The summed E-state index contributed by atoms with van der Waals surface area (Å²) in [6.45, 7) is -0.816. The Labute approximate surface area is 222 Å². The van der Waals surface area contributed by atoms with E-state index in [0.29, 0.717) is 0 Å². The van der Waals surface area contributed by atoms with E-state index in [9.17, 15) is 28.3 Å². The zero-order chi connectivity index (χ0) is 28.4. The van der Waals surface area contributed by atoms with Gasteiger partial charge in [0.15, 0.2) is 47.0 Å². The lowest BCUT2D eigenvalue weighted by atomic mass is 10.2. The number of aliphatic carboxylic acids is 1. The largest absolute Gasteiger partial charge is 0.496 e. The topological polar surface area (TPSA) is 166 Å². The van der Waals surface area contributed by atoms with E-state index in [1.807, 2.05) is 0 Å². The van der Waals surface area contributed by atoms with Gasteiger partial charge in [-0.3, -0.25) is 4.79 Å². The molecule has 0 radical (unpaired) electrons. The van der Waals surface area contributed by atoms with Crippen LogP contribution >= 0.6 is 11.6 Å². The molecule has 39 heavy (non-hydrogen) atoms. The van der Waals surface area contributed by atoms with Crippen molar-refractivity contribution in [1.29, 1.82) is 0 Å². The highest BCUT2D eigenvalue weighted by Crippen LogP contribution is 2.37. The predicted molar refractivity (Wildman–Crippen MR) is 131 cm³/mol. The molecule has 0 fully saturated rings. The van der Waals surface area contributed by atoms with Gasteiger partial charge in [-0.25, -0.2) is 32.9 Å². The number of nitrogens with one attached hydrogen (secondary N) is 1. The highest BCUT2D eigenvalue weighted by Gasteiger charge is 2.23. The maximum Gasteiger partial charge on any atom is 0.341 e. The van der Waals surface area contributed by atoms with Gasteiger partial charge in [-0.05, 0) is 12.1 Å². The van der Waals surface area contributed by atoms with Gasteiger partial charge in [0.1, 0.15) is 30.2 Å². The van der Waals surface area contributed by atoms with Crippen LogP contribution in [0.4, 0.5) is 8.78 Å². The molecule has 2 aromatic carbocycles. The normalized spacial score (nSPS) is 11.0. The minimum absolute atomic E-state index is 0.0195. The number of carbonyl (C=O) groups is 2. The van der Waals surface area contributed by atoms with E-state index < -0.39 is 48.9 Å². The monoisotopic (exact) mass is 564 g/mol. The number of nitrogens with zero attached hydrogens (tertiary/aromatic N) is 3. The maximum atomic E-state index is 14.5. The summed E-state index contributed by atoms with van der Waals surface area (Å²) in [6, 6.07) is 4.41. The second kappa shape index (κ2) is 11.0. The lowest BCUT2D eigenvalue weighted by molar-refractivity contribution is -0.139. The third kappa shape index (κ3) is 5.37. The third-order valence-electron chi connectivity index (χ3n) is 5.41. The molecule has 4 rings (SSSR count). The number of rotatable bonds is 10. The molecule has 0 aliphatic heterocycles. The Hall–Kier alpha value is -4.56. The third-order valence-corrected chi connectivity index (χ3v) is 5.71. The fourth-order valence-electron chi connectivity index (χ4n) is 3.69. The van der Waals surface area contributed by atoms with Crippen LogP contribution in [0.1, 0.15) is 28.8 Å². The van der Waals surface area contributed by atoms with Gasteiger partial charge in [-0.1, -0.05) is 11.6 Å². The number of aliphatic hydroxyl groups is 1. The van der Waals surface area contributed by atoms with E-state index in [1.54, 1.807) is 0 Å².